The van der Waals surface area contributed by atoms with E-state index in [1.807, 2.05) is 0 Å². The molecule has 1 aliphatic heterocycles. The monoisotopic (exact) mass is 187 g/mol. The number of rotatable bonds is 2. The first-order valence-corrected chi connectivity index (χ1v) is 5.65. The number of nitrogens with one attached hydrogen (secondary N) is 1. The Morgan fingerprint density at radius 1 is 1.36 bits per heavy atom. The van der Waals surface area contributed by atoms with Crippen molar-refractivity contribution in [1.82, 2.24) is 5.32 Å². The lowest BCUT2D eigenvalue weighted by atomic mass is 9.88. The Kier molecular flexibility index (Phi) is 1.72. The quantitative estimate of drug-likeness (QED) is 0.750. The average Bonchev–Trinajstić information content (AvgIpc) is 2.87. The van der Waals surface area contributed by atoms with Gasteiger partial charge >= 0.3 is 0 Å². The summed E-state index contributed by atoms with van der Waals surface area (Å²) in [6.07, 6.45) is 2.76. The van der Waals surface area contributed by atoms with Crippen LogP contribution in [0.5, 0.6) is 0 Å². The molecule has 0 spiro atoms. The van der Waals surface area contributed by atoms with Crippen LogP contribution in [0.2, 0.25) is 0 Å². The van der Waals surface area contributed by atoms with Crippen LogP contribution in [-0.4, -0.2) is 6.54 Å². The van der Waals surface area contributed by atoms with E-state index in [9.17, 15) is 0 Å². The molecule has 0 amide bonds. The molecule has 2 aliphatic rings. The van der Waals surface area contributed by atoms with E-state index in [-0.39, 0.29) is 0 Å². The second-order valence-electron chi connectivity index (χ2n) is 4.74. The van der Waals surface area contributed by atoms with E-state index in [1.54, 1.807) is 0 Å². The van der Waals surface area contributed by atoms with Gasteiger partial charge in [0.15, 0.2) is 0 Å². The second kappa shape index (κ2) is 2.83. The predicted molar refractivity (Wildman–Crippen MR) is 58.0 cm³/mol. The van der Waals surface area contributed by atoms with E-state index >= 15 is 0 Å². The highest BCUT2D eigenvalue weighted by Crippen LogP contribution is 2.65. The predicted octanol–water partition coefficient (Wildman–Crippen LogP) is 2.75. The van der Waals surface area contributed by atoms with Crippen molar-refractivity contribution in [1.29, 1.82) is 0 Å². The smallest absolute Gasteiger partial charge is 0.0380 e. The molecule has 0 aromatic heterocycles. The lowest BCUT2D eigenvalue weighted by Crippen LogP contribution is -2.22. The van der Waals surface area contributed by atoms with Gasteiger partial charge in [-0.25, -0.2) is 0 Å². The van der Waals surface area contributed by atoms with Crippen LogP contribution in [0.1, 0.15) is 31.4 Å². The maximum atomic E-state index is 3.66. The lowest BCUT2D eigenvalue weighted by Gasteiger charge is -2.22. The summed E-state index contributed by atoms with van der Waals surface area (Å²) in [5.74, 6) is 0.956. The van der Waals surface area contributed by atoms with Crippen molar-refractivity contribution >= 4 is 0 Å². The van der Waals surface area contributed by atoms with Gasteiger partial charge in [0.05, 0.1) is 0 Å². The SMILES string of the molecule is CCC12CC1CNC2c1ccccc1. The minimum absolute atomic E-state index is 0.612. The Bertz CT molecular complexity index is 328. The zero-order valence-electron chi connectivity index (χ0n) is 8.66. The third-order valence-corrected chi connectivity index (χ3v) is 4.21. The first-order valence-electron chi connectivity index (χ1n) is 5.65. The van der Waals surface area contributed by atoms with Crippen molar-refractivity contribution in [3.8, 4) is 0 Å². The van der Waals surface area contributed by atoms with E-state index < -0.39 is 0 Å². The van der Waals surface area contributed by atoms with Gasteiger partial charge in [-0.3, -0.25) is 0 Å². The number of fused-ring (bicyclic) bond motifs is 1. The summed E-state index contributed by atoms with van der Waals surface area (Å²) < 4.78 is 0. The van der Waals surface area contributed by atoms with Crippen molar-refractivity contribution in [2.24, 2.45) is 11.3 Å². The van der Waals surface area contributed by atoms with Crippen molar-refractivity contribution < 1.29 is 0 Å². The molecule has 1 aromatic rings. The van der Waals surface area contributed by atoms with Crippen LogP contribution in [0, 0.1) is 11.3 Å². The molecule has 2 fully saturated rings. The van der Waals surface area contributed by atoms with Gasteiger partial charge in [-0.15, -0.1) is 0 Å². The largest absolute Gasteiger partial charge is 0.309 e. The van der Waals surface area contributed by atoms with E-state index in [0.717, 1.165) is 5.92 Å². The molecule has 1 nitrogen and oxygen atoms in total. The Morgan fingerprint density at radius 3 is 2.79 bits per heavy atom. The molecule has 3 rings (SSSR count). The Hall–Kier alpha value is -0.820. The molecular formula is C13H17N. The lowest BCUT2D eigenvalue weighted by molar-refractivity contribution is 0.380. The highest BCUT2D eigenvalue weighted by molar-refractivity contribution is 5.28. The molecule has 1 N–H and O–H groups in total. The first kappa shape index (κ1) is 8.49. The fourth-order valence-electron chi connectivity index (χ4n) is 3.22. The molecule has 3 unspecified atom stereocenters. The van der Waals surface area contributed by atoms with Gasteiger partial charge in [0.1, 0.15) is 0 Å². The molecule has 1 aromatic carbocycles. The molecule has 1 heterocycles. The Labute approximate surface area is 85.5 Å². The second-order valence-corrected chi connectivity index (χ2v) is 4.74. The van der Waals surface area contributed by atoms with Crippen LogP contribution in [0.25, 0.3) is 0 Å². The van der Waals surface area contributed by atoms with Gasteiger partial charge in [0.2, 0.25) is 0 Å². The molecule has 0 bridgehead atoms. The molecule has 74 valence electrons. The van der Waals surface area contributed by atoms with Gasteiger partial charge in [-0.05, 0) is 36.3 Å². The van der Waals surface area contributed by atoms with E-state index in [2.05, 4.69) is 42.6 Å². The van der Waals surface area contributed by atoms with E-state index in [4.69, 9.17) is 0 Å². The van der Waals surface area contributed by atoms with Gasteiger partial charge in [-0.1, -0.05) is 37.3 Å². The highest BCUT2D eigenvalue weighted by atomic mass is 15.0. The molecule has 3 atom stereocenters. The number of benzene rings is 1. The maximum Gasteiger partial charge on any atom is 0.0380 e. The Balaban J connectivity index is 1.93. The van der Waals surface area contributed by atoms with Gasteiger partial charge < -0.3 is 5.32 Å². The van der Waals surface area contributed by atoms with Crippen LogP contribution in [-0.2, 0) is 0 Å². The van der Waals surface area contributed by atoms with Gasteiger partial charge in [0, 0.05) is 6.04 Å². The maximum absolute atomic E-state index is 3.66. The highest BCUT2D eigenvalue weighted by Gasteiger charge is 2.61. The fraction of sp³-hybridized carbons (Fsp3) is 0.538. The zero-order valence-corrected chi connectivity index (χ0v) is 8.66. The van der Waals surface area contributed by atoms with Crippen molar-refractivity contribution in [3.05, 3.63) is 35.9 Å². The summed E-state index contributed by atoms with van der Waals surface area (Å²) in [7, 11) is 0. The fourth-order valence-corrected chi connectivity index (χ4v) is 3.22. The number of hydrogen-bond donors (Lipinski definition) is 1. The molecule has 1 heteroatoms. The first-order chi connectivity index (χ1) is 6.87. The van der Waals surface area contributed by atoms with Crippen LogP contribution in [0.4, 0.5) is 0 Å². The van der Waals surface area contributed by atoms with Crippen molar-refractivity contribution in [2.45, 2.75) is 25.8 Å². The summed E-state index contributed by atoms with van der Waals surface area (Å²) in [4.78, 5) is 0. The topological polar surface area (TPSA) is 12.0 Å². The number of hydrogen-bond acceptors (Lipinski definition) is 1. The van der Waals surface area contributed by atoms with E-state index in [1.165, 1.54) is 24.9 Å². The average molecular weight is 187 g/mol. The molecule has 1 saturated carbocycles. The van der Waals surface area contributed by atoms with Crippen LogP contribution >= 0.6 is 0 Å². The normalized spacial score (nSPS) is 39.5. The molecule has 14 heavy (non-hydrogen) atoms. The van der Waals surface area contributed by atoms with Crippen molar-refractivity contribution in [3.63, 3.8) is 0 Å². The summed E-state index contributed by atoms with van der Waals surface area (Å²) >= 11 is 0. The third-order valence-electron chi connectivity index (χ3n) is 4.21. The van der Waals surface area contributed by atoms with Crippen LogP contribution in [0.3, 0.4) is 0 Å². The summed E-state index contributed by atoms with van der Waals surface area (Å²) in [5, 5.41) is 3.66. The summed E-state index contributed by atoms with van der Waals surface area (Å²) in [6.45, 7) is 3.57. The molecule has 0 radical (unpaired) electrons. The minimum atomic E-state index is 0.612. The molecule has 1 aliphatic carbocycles. The van der Waals surface area contributed by atoms with Crippen LogP contribution < -0.4 is 5.32 Å². The number of piperidine rings is 1. The molecule has 1 saturated heterocycles. The van der Waals surface area contributed by atoms with Crippen molar-refractivity contribution in [2.75, 3.05) is 6.54 Å². The van der Waals surface area contributed by atoms with E-state index in [0.29, 0.717) is 11.5 Å². The van der Waals surface area contributed by atoms with Crippen LogP contribution in [0.15, 0.2) is 30.3 Å². The third kappa shape index (κ3) is 0.992. The molecular weight excluding hydrogens is 170 g/mol. The minimum Gasteiger partial charge on any atom is -0.309 e. The summed E-state index contributed by atoms with van der Waals surface area (Å²) in [5.41, 5.74) is 2.09. The van der Waals surface area contributed by atoms with Gasteiger partial charge in [-0.2, -0.15) is 0 Å². The van der Waals surface area contributed by atoms with Gasteiger partial charge in [0.25, 0.3) is 0 Å². The zero-order chi connectivity index (χ0) is 9.60. The standard InChI is InChI=1S/C13H17N/c1-2-13-8-11(13)9-14-12(13)10-6-4-3-5-7-10/h3-7,11-12,14H,2,8-9H2,1H3. The Morgan fingerprint density at radius 2 is 2.14 bits per heavy atom. The summed E-state index contributed by atoms with van der Waals surface area (Å²) in [6, 6.07) is 11.5.